The summed E-state index contributed by atoms with van der Waals surface area (Å²) in [4.78, 5) is 22.6. The molecule has 5 heteroatoms. The summed E-state index contributed by atoms with van der Waals surface area (Å²) in [5.41, 5.74) is 0.525. The van der Waals surface area contributed by atoms with Crippen LogP contribution in [0, 0.1) is 0 Å². The van der Waals surface area contributed by atoms with E-state index in [1.54, 1.807) is 25.1 Å². The number of carbonyl (C=O) groups is 2. The van der Waals surface area contributed by atoms with Gasteiger partial charge in [0.1, 0.15) is 5.75 Å². The van der Waals surface area contributed by atoms with E-state index in [1.165, 1.54) is 13.0 Å². The summed E-state index contributed by atoms with van der Waals surface area (Å²) in [5.74, 6) is -1.13. The van der Waals surface area contributed by atoms with E-state index in [2.05, 4.69) is 0 Å². The number of phenolic OH excluding ortho intramolecular Hbond substituents is 1. The number of rotatable bonds is 5. The molecule has 1 atom stereocenters. The van der Waals surface area contributed by atoms with E-state index in [1.807, 2.05) is 0 Å². The highest BCUT2D eigenvalue weighted by Gasteiger charge is 2.24. The van der Waals surface area contributed by atoms with Crippen molar-refractivity contribution in [1.82, 2.24) is 0 Å². The van der Waals surface area contributed by atoms with Crippen LogP contribution in [0.15, 0.2) is 24.3 Å². The first-order chi connectivity index (χ1) is 8.54. The zero-order valence-electron chi connectivity index (χ0n) is 10.4. The van der Waals surface area contributed by atoms with Gasteiger partial charge in [-0.15, -0.1) is 0 Å². The minimum atomic E-state index is -1.03. The maximum absolute atomic E-state index is 11.6. The Balaban J connectivity index is 2.81. The molecule has 98 valence electrons. The lowest BCUT2D eigenvalue weighted by Crippen LogP contribution is -2.30. The summed E-state index contributed by atoms with van der Waals surface area (Å²) in [6.45, 7) is 3.09. The summed E-state index contributed by atoms with van der Waals surface area (Å²) in [5, 5.41) is 9.61. The van der Waals surface area contributed by atoms with Crippen molar-refractivity contribution < 1.29 is 24.2 Å². The molecule has 0 bridgehead atoms. The summed E-state index contributed by atoms with van der Waals surface area (Å²) in [7, 11) is 0. The molecular weight excluding hydrogens is 236 g/mol. The molecule has 0 amide bonds. The zero-order valence-corrected chi connectivity index (χ0v) is 10.4. The Morgan fingerprint density at radius 3 is 2.56 bits per heavy atom. The summed E-state index contributed by atoms with van der Waals surface area (Å²) >= 11 is 0. The Labute approximate surface area is 105 Å². The Kier molecular flexibility index (Phi) is 5.17. The Morgan fingerprint density at radius 1 is 1.33 bits per heavy atom. The van der Waals surface area contributed by atoms with Gasteiger partial charge in [0.2, 0.25) is 6.10 Å². The topological polar surface area (TPSA) is 72.8 Å². The van der Waals surface area contributed by atoms with Crippen molar-refractivity contribution in [2.75, 3.05) is 6.61 Å². The highest BCUT2D eigenvalue weighted by Crippen LogP contribution is 2.19. The predicted octanol–water partition coefficient (Wildman–Crippen LogP) is 1.43. The van der Waals surface area contributed by atoms with E-state index < -0.39 is 18.0 Å². The summed E-state index contributed by atoms with van der Waals surface area (Å²) in [6, 6.07) is 6.56. The number of hydrogen-bond acceptors (Lipinski definition) is 5. The van der Waals surface area contributed by atoms with Crippen molar-refractivity contribution >= 4 is 11.9 Å². The number of esters is 2. The SMILES string of the molecule is CCOC(=O)[C@H](Cc1ccccc1O)OC(C)=O. The smallest absolute Gasteiger partial charge is 0.347 e. The van der Waals surface area contributed by atoms with Gasteiger partial charge in [0.05, 0.1) is 6.61 Å². The molecule has 0 aliphatic rings. The fourth-order valence-corrected chi connectivity index (χ4v) is 1.49. The fourth-order valence-electron chi connectivity index (χ4n) is 1.49. The Bertz CT molecular complexity index is 427. The average Bonchev–Trinajstić information content (AvgIpc) is 2.31. The fraction of sp³-hybridized carbons (Fsp3) is 0.385. The van der Waals surface area contributed by atoms with Crippen molar-refractivity contribution in [2.24, 2.45) is 0 Å². The number of phenols is 1. The lowest BCUT2D eigenvalue weighted by atomic mass is 10.1. The van der Waals surface area contributed by atoms with Crippen LogP contribution in [0.25, 0.3) is 0 Å². The first-order valence-electron chi connectivity index (χ1n) is 5.65. The van der Waals surface area contributed by atoms with Crippen molar-refractivity contribution in [1.29, 1.82) is 0 Å². The number of para-hydroxylation sites is 1. The van der Waals surface area contributed by atoms with Crippen molar-refractivity contribution in [2.45, 2.75) is 26.4 Å². The molecule has 0 heterocycles. The highest BCUT2D eigenvalue weighted by molar-refractivity contribution is 5.79. The van der Waals surface area contributed by atoms with Crippen LogP contribution in [-0.4, -0.2) is 29.8 Å². The van der Waals surface area contributed by atoms with Crippen molar-refractivity contribution in [3.63, 3.8) is 0 Å². The molecule has 1 rings (SSSR count). The molecule has 1 aromatic rings. The number of benzene rings is 1. The second-order valence-corrected chi connectivity index (χ2v) is 3.68. The third-order valence-electron chi connectivity index (χ3n) is 2.25. The molecule has 0 aromatic heterocycles. The van der Waals surface area contributed by atoms with Crippen LogP contribution in [0.2, 0.25) is 0 Å². The molecule has 0 aliphatic heterocycles. The lowest BCUT2D eigenvalue weighted by Gasteiger charge is -2.16. The van der Waals surface area contributed by atoms with Crippen LogP contribution in [-0.2, 0) is 25.5 Å². The molecule has 0 aliphatic carbocycles. The van der Waals surface area contributed by atoms with Gasteiger partial charge in [-0.2, -0.15) is 0 Å². The van der Waals surface area contributed by atoms with Gasteiger partial charge in [0, 0.05) is 13.3 Å². The number of carbonyl (C=O) groups excluding carboxylic acids is 2. The van der Waals surface area contributed by atoms with Crippen LogP contribution < -0.4 is 0 Å². The minimum Gasteiger partial charge on any atom is -0.508 e. The van der Waals surface area contributed by atoms with Crippen LogP contribution in [0.5, 0.6) is 5.75 Å². The van der Waals surface area contributed by atoms with E-state index in [-0.39, 0.29) is 18.8 Å². The predicted molar refractivity (Wildman–Crippen MR) is 64.0 cm³/mol. The van der Waals surface area contributed by atoms with Gasteiger partial charge in [-0.3, -0.25) is 4.79 Å². The molecule has 1 aromatic carbocycles. The minimum absolute atomic E-state index is 0.0546. The first-order valence-corrected chi connectivity index (χ1v) is 5.65. The zero-order chi connectivity index (χ0) is 13.5. The molecule has 5 nitrogen and oxygen atoms in total. The van der Waals surface area contributed by atoms with E-state index in [0.29, 0.717) is 5.56 Å². The molecular formula is C13H16O5. The average molecular weight is 252 g/mol. The third-order valence-corrected chi connectivity index (χ3v) is 2.25. The maximum Gasteiger partial charge on any atom is 0.347 e. The third kappa shape index (κ3) is 4.08. The van der Waals surface area contributed by atoms with Gasteiger partial charge in [0.25, 0.3) is 0 Å². The highest BCUT2D eigenvalue weighted by atomic mass is 16.6. The van der Waals surface area contributed by atoms with Crippen molar-refractivity contribution in [3.05, 3.63) is 29.8 Å². The van der Waals surface area contributed by atoms with Gasteiger partial charge in [-0.1, -0.05) is 18.2 Å². The standard InChI is InChI=1S/C13H16O5/c1-3-17-13(16)12(18-9(2)14)8-10-6-4-5-7-11(10)15/h4-7,12,15H,3,8H2,1-2H3/t12-/m0/s1. The summed E-state index contributed by atoms with van der Waals surface area (Å²) in [6.07, 6.45) is -0.943. The molecule has 0 saturated carbocycles. The second-order valence-electron chi connectivity index (χ2n) is 3.68. The van der Waals surface area contributed by atoms with E-state index >= 15 is 0 Å². The molecule has 0 fully saturated rings. The largest absolute Gasteiger partial charge is 0.508 e. The number of aromatic hydroxyl groups is 1. The Morgan fingerprint density at radius 2 is 2.00 bits per heavy atom. The maximum atomic E-state index is 11.6. The molecule has 0 radical (unpaired) electrons. The van der Waals surface area contributed by atoms with Gasteiger partial charge in [0.15, 0.2) is 0 Å². The lowest BCUT2D eigenvalue weighted by molar-refractivity contribution is -0.166. The van der Waals surface area contributed by atoms with E-state index in [0.717, 1.165) is 0 Å². The monoisotopic (exact) mass is 252 g/mol. The van der Waals surface area contributed by atoms with E-state index in [4.69, 9.17) is 9.47 Å². The number of hydrogen-bond donors (Lipinski definition) is 1. The van der Waals surface area contributed by atoms with Gasteiger partial charge < -0.3 is 14.6 Å². The van der Waals surface area contributed by atoms with Crippen LogP contribution in [0.4, 0.5) is 0 Å². The molecule has 0 saturated heterocycles. The Hall–Kier alpha value is -2.04. The molecule has 0 spiro atoms. The normalized spacial score (nSPS) is 11.7. The molecule has 0 unspecified atom stereocenters. The van der Waals surface area contributed by atoms with Crippen LogP contribution in [0.1, 0.15) is 19.4 Å². The summed E-state index contributed by atoms with van der Waals surface area (Å²) < 4.78 is 9.72. The van der Waals surface area contributed by atoms with Crippen LogP contribution in [0.3, 0.4) is 0 Å². The van der Waals surface area contributed by atoms with Crippen LogP contribution >= 0.6 is 0 Å². The van der Waals surface area contributed by atoms with E-state index in [9.17, 15) is 14.7 Å². The van der Waals surface area contributed by atoms with Gasteiger partial charge in [-0.25, -0.2) is 4.79 Å². The first kappa shape index (κ1) is 14.0. The molecule has 18 heavy (non-hydrogen) atoms. The number of ether oxygens (including phenoxy) is 2. The van der Waals surface area contributed by atoms with Gasteiger partial charge >= 0.3 is 11.9 Å². The second kappa shape index (κ2) is 6.64. The quantitative estimate of drug-likeness (QED) is 0.802. The van der Waals surface area contributed by atoms with Gasteiger partial charge in [-0.05, 0) is 18.6 Å². The van der Waals surface area contributed by atoms with Crippen molar-refractivity contribution in [3.8, 4) is 5.75 Å². The molecule has 1 N–H and O–H groups in total.